The van der Waals surface area contributed by atoms with Crippen molar-refractivity contribution < 1.29 is 9.72 Å². The standard InChI is InChI=1S/C12H18N4O3/c1-7(2)11(12(17)13-4)15-10-6-5-9(16(18)19)8(3)14-10/h5-7,11H,1-4H3,(H,13,17)(H,14,15). The average molecular weight is 266 g/mol. The van der Waals surface area contributed by atoms with Gasteiger partial charge in [-0.3, -0.25) is 14.9 Å². The summed E-state index contributed by atoms with van der Waals surface area (Å²) in [6, 6.07) is 2.45. The summed E-state index contributed by atoms with van der Waals surface area (Å²) in [6.07, 6.45) is 0. The summed E-state index contributed by atoms with van der Waals surface area (Å²) < 4.78 is 0. The molecule has 0 radical (unpaired) electrons. The van der Waals surface area contributed by atoms with E-state index in [1.165, 1.54) is 12.1 Å². The predicted molar refractivity (Wildman–Crippen MR) is 71.9 cm³/mol. The van der Waals surface area contributed by atoms with Gasteiger partial charge < -0.3 is 10.6 Å². The first kappa shape index (κ1) is 14.9. The van der Waals surface area contributed by atoms with Crippen LogP contribution in [0.5, 0.6) is 0 Å². The molecule has 0 bridgehead atoms. The smallest absolute Gasteiger partial charge is 0.290 e. The maximum atomic E-state index is 11.7. The van der Waals surface area contributed by atoms with Crippen LogP contribution in [0.4, 0.5) is 11.5 Å². The van der Waals surface area contributed by atoms with E-state index in [1.807, 2.05) is 13.8 Å². The summed E-state index contributed by atoms with van der Waals surface area (Å²) in [5.74, 6) is 0.371. The molecule has 0 spiro atoms. The van der Waals surface area contributed by atoms with Gasteiger partial charge in [0.2, 0.25) is 5.91 Å². The summed E-state index contributed by atoms with van der Waals surface area (Å²) >= 11 is 0. The molecule has 0 saturated heterocycles. The highest BCUT2D eigenvalue weighted by molar-refractivity contribution is 5.84. The number of carbonyl (C=O) groups is 1. The van der Waals surface area contributed by atoms with Gasteiger partial charge in [-0.25, -0.2) is 4.98 Å². The van der Waals surface area contributed by atoms with E-state index in [0.717, 1.165) is 0 Å². The Morgan fingerprint density at radius 2 is 2.05 bits per heavy atom. The second kappa shape index (κ2) is 6.12. The Hall–Kier alpha value is -2.18. The number of rotatable bonds is 5. The minimum Gasteiger partial charge on any atom is -0.358 e. The molecule has 1 aromatic heterocycles. The van der Waals surface area contributed by atoms with E-state index in [9.17, 15) is 14.9 Å². The number of amides is 1. The van der Waals surface area contributed by atoms with Gasteiger partial charge in [0.25, 0.3) is 5.69 Å². The molecule has 1 heterocycles. The van der Waals surface area contributed by atoms with Crippen molar-refractivity contribution in [2.24, 2.45) is 5.92 Å². The van der Waals surface area contributed by atoms with Crippen molar-refractivity contribution in [3.05, 3.63) is 27.9 Å². The first-order chi connectivity index (χ1) is 8.86. The van der Waals surface area contributed by atoms with Gasteiger partial charge in [-0.15, -0.1) is 0 Å². The number of hydrogen-bond donors (Lipinski definition) is 2. The molecule has 2 N–H and O–H groups in total. The third-order valence-corrected chi connectivity index (χ3v) is 2.75. The minimum atomic E-state index is -0.481. The van der Waals surface area contributed by atoms with E-state index in [1.54, 1.807) is 14.0 Å². The van der Waals surface area contributed by atoms with Crippen LogP contribution in [0.3, 0.4) is 0 Å². The summed E-state index contributed by atoms with van der Waals surface area (Å²) in [4.78, 5) is 26.0. The molecule has 104 valence electrons. The molecule has 0 fully saturated rings. The largest absolute Gasteiger partial charge is 0.358 e. The Labute approximate surface area is 111 Å². The first-order valence-corrected chi connectivity index (χ1v) is 5.97. The fourth-order valence-electron chi connectivity index (χ4n) is 1.68. The van der Waals surface area contributed by atoms with E-state index < -0.39 is 11.0 Å². The average Bonchev–Trinajstić information content (AvgIpc) is 2.34. The number of likely N-dealkylation sites (N-methyl/N-ethyl adjacent to an activating group) is 1. The highest BCUT2D eigenvalue weighted by atomic mass is 16.6. The molecule has 0 aliphatic heterocycles. The number of nitrogens with one attached hydrogen (secondary N) is 2. The van der Waals surface area contributed by atoms with Crippen LogP contribution in [-0.4, -0.2) is 28.9 Å². The minimum absolute atomic E-state index is 0.0356. The SMILES string of the molecule is CNC(=O)C(Nc1ccc([N+](=O)[O-])c(C)n1)C(C)C. The van der Waals surface area contributed by atoms with E-state index >= 15 is 0 Å². The van der Waals surface area contributed by atoms with Gasteiger partial charge in [-0.2, -0.15) is 0 Å². The van der Waals surface area contributed by atoms with Gasteiger partial charge in [-0.1, -0.05) is 13.8 Å². The second-order valence-electron chi connectivity index (χ2n) is 4.54. The number of aryl methyl sites for hydroxylation is 1. The zero-order valence-corrected chi connectivity index (χ0v) is 11.4. The van der Waals surface area contributed by atoms with Crippen LogP contribution in [0.15, 0.2) is 12.1 Å². The van der Waals surface area contributed by atoms with Crippen molar-refractivity contribution in [1.82, 2.24) is 10.3 Å². The van der Waals surface area contributed by atoms with Crippen LogP contribution in [0.25, 0.3) is 0 Å². The lowest BCUT2D eigenvalue weighted by Crippen LogP contribution is -2.41. The molecule has 7 heteroatoms. The maximum Gasteiger partial charge on any atom is 0.290 e. The lowest BCUT2D eigenvalue weighted by Gasteiger charge is -2.21. The van der Waals surface area contributed by atoms with Gasteiger partial charge >= 0.3 is 0 Å². The summed E-state index contributed by atoms with van der Waals surface area (Å²) in [7, 11) is 1.56. The van der Waals surface area contributed by atoms with Gasteiger partial charge in [0.15, 0.2) is 0 Å². The molecule has 19 heavy (non-hydrogen) atoms. The number of carbonyl (C=O) groups excluding carboxylic acids is 1. The number of hydrogen-bond acceptors (Lipinski definition) is 5. The third-order valence-electron chi connectivity index (χ3n) is 2.75. The summed E-state index contributed by atoms with van der Waals surface area (Å²) in [5.41, 5.74) is 0.279. The van der Waals surface area contributed by atoms with Crippen molar-refractivity contribution in [1.29, 1.82) is 0 Å². The Morgan fingerprint density at radius 1 is 1.42 bits per heavy atom. The predicted octanol–water partition coefficient (Wildman–Crippen LogP) is 1.48. The highest BCUT2D eigenvalue weighted by Crippen LogP contribution is 2.19. The van der Waals surface area contributed by atoms with Crippen molar-refractivity contribution in [2.75, 3.05) is 12.4 Å². The quantitative estimate of drug-likeness (QED) is 0.621. The van der Waals surface area contributed by atoms with Crippen LogP contribution in [0.1, 0.15) is 19.5 Å². The van der Waals surface area contributed by atoms with Crippen molar-refractivity contribution in [3.63, 3.8) is 0 Å². The Bertz CT molecular complexity index is 488. The Balaban J connectivity index is 2.95. The number of nitro groups is 1. The molecule has 7 nitrogen and oxygen atoms in total. The summed E-state index contributed by atoms with van der Waals surface area (Å²) in [6.45, 7) is 5.38. The zero-order chi connectivity index (χ0) is 14.6. The van der Waals surface area contributed by atoms with E-state index in [2.05, 4.69) is 15.6 Å². The number of pyridine rings is 1. The van der Waals surface area contributed by atoms with Crippen LogP contribution in [0, 0.1) is 23.0 Å². The Kier molecular flexibility index (Phi) is 4.80. The van der Waals surface area contributed by atoms with Gasteiger partial charge in [0, 0.05) is 13.1 Å². The molecule has 1 unspecified atom stereocenters. The topological polar surface area (TPSA) is 97.2 Å². The highest BCUT2D eigenvalue weighted by Gasteiger charge is 2.22. The van der Waals surface area contributed by atoms with Crippen molar-refractivity contribution in [3.8, 4) is 0 Å². The second-order valence-corrected chi connectivity index (χ2v) is 4.54. The molecule has 0 aliphatic carbocycles. The monoisotopic (exact) mass is 266 g/mol. The molecular formula is C12H18N4O3. The third kappa shape index (κ3) is 3.64. The van der Waals surface area contributed by atoms with E-state index in [0.29, 0.717) is 11.5 Å². The molecule has 0 saturated carbocycles. The molecule has 1 rings (SSSR count). The lowest BCUT2D eigenvalue weighted by molar-refractivity contribution is -0.385. The van der Waals surface area contributed by atoms with E-state index in [-0.39, 0.29) is 17.5 Å². The number of anilines is 1. The van der Waals surface area contributed by atoms with Gasteiger partial charge in [0.05, 0.1) is 4.92 Å². The van der Waals surface area contributed by atoms with Crippen LogP contribution < -0.4 is 10.6 Å². The summed E-state index contributed by atoms with van der Waals surface area (Å²) in [5, 5.41) is 16.3. The zero-order valence-electron chi connectivity index (χ0n) is 11.4. The van der Waals surface area contributed by atoms with Crippen LogP contribution in [0.2, 0.25) is 0 Å². The fraction of sp³-hybridized carbons (Fsp3) is 0.500. The number of aromatic nitrogens is 1. The van der Waals surface area contributed by atoms with Crippen LogP contribution >= 0.6 is 0 Å². The Morgan fingerprint density at radius 3 is 2.47 bits per heavy atom. The molecule has 0 aliphatic rings. The fourth-order valence-corrected chi connectivity index (χ4v) is 1.68. The van der Waals surface area contributed by atoms with E-state index in [4.69, 9.17) is 0 Å². The lowest BCUT2D eigenvalue weighted by atomic mass is 10.0. The molecule has 1 amide bonds. The molecule has 0 aromatic carbocycles. The maximum absolute atomic E-state index is 11.7. The molecular weight excluding hydrogens is 248 g/mol. The van der Waals surface area contributed by atoms with Gasteiger partial charge in [-0.05, 0) is 18.9 Å². The first-order valence-electron chi connectivity index (χ1n) is 5.97. The molecule has 1 aromatic rings. The van der Waals surface area contributed by atoms with Crippen molar-refractivity contribution >= 4 is 17.4 Å². The van der Waals surface area contributed by atoms with Crippen molar-refractivity contribution in [2.45, 2.75) is 26.8 Å². The van der Waals surface area contributed by atoms with Gasteiger partial charge in [0.1, 0.15) is 17.6 Å². The number of nitrogens with zero attached hydrogens (tertiary/aromatic N) is 2. The van der Waals surface area contributed by atoms with Crippen LogP contribution in [-0.2, 0) is 4.79 Å². The molecule has 1 atom stereocenters. The normalized spacial score (nSPS) is 12.1.